The van der Waals surface area contributed by atoms with Crippen molar-refractivity contribution < 1.29 is 9.59 Å². The zero-order valence-electron chi connectivity index (χ0n) is 13.7. The molecule has 1 saturated heterocycles. The summed E-state index contributed by atoms with van der Waals surface area (Å²) < 4.78 is 0. The van der Waals surface area contributed by atoms with Crippen LogP contribution in [0.4, 0.5) is 0 Å². The monoisotopic (exact) mass is 322 g/mol. The molecule has 0 radical (unpaired) electrons. The number of benzene rings is 2. The molecule has 0 bridgehead atoms. The van der Waals surface area contributed by atoms with Crippen LogP contribution in [0.3, 0.4) is 0 Å². The van der Waals surface area contributed by atoms with Gasteiger partial charge in [-0.15, -0.1) is 0 Å². The summed E-state index contributed by atoms with van der Waals surface area (Å²) in [5.41, 5.74) is 6.70. The highest BCUT2D eigenvalue weighted by molar-refractivity contribution is 5.90. The molecule has 1 aliphatic carbocycles. The summed E-state index contributed by atoms with van der Waals surface area (Å²) >= 11 is 0. The van der Waals surface area contributed by atoms with E-state index in [0.29, 0.717) is 12.5 Å². The van der Waals surface area contributed by atoms with Crippen molar-refractivity contribution >= 4 is 22.6 Å². The lowest BCUT2D eigenvalue weighted by Gasteiger charge is -2.31. The molecule has 2 aromatic rings. The average Bonchev–Trinajstić information content (AvgIpc) is 3.41. The van der Waals surface area contributed by atoms with Crippen LogP contribution < -0.4 is 5.73 Å². The van der Waals surface area contributed by atoms with E-state index in [2.05, 4.69) is 30.3 Å². The van der Waals surface area contributed by atoms with Crippen LogP contribution >= 0.6 is 0 Å². The van der Waals surface area contributed by atoms with Gasteiger partial charge >= 0.3 is 0 Å². The highest BCUT2D eigenvalue weighted by Gasteiger charge is 2.47. The molecule has 4 rings (SSSR count). The topological polar surface area (TPSA) is 63.4 Å². The Labute approximate surface area is 141 Å². The van der Waals surface area contributed by atoms with Crippen molar-refractivity contribution in [1.29, 1.82) is 0 Å². The molecule has 24 heavy (non-hydrogen) atoms. The predicted octanol–water partition coefficient (Wildman–Crippen LogP) is 2.67. The van der Waals surface area contributed by atoms with E-state index in [9.17, 15) is 9.59 Å². The fourth-order valence-electron chi connectivity index (χ4n) is 4.03. The Kier molecular flexibility index (Phi) is 3.75. The van der Waals surface area contributed by atoms with Gasteiger partial charge in [-0.2, -0.15) is 0 Å². The molecular weight excluding hydrogens is 300 g/mol. The van der Waals surface area contributed by atoms with Gasteiger partial charge in [-0.05, 0) is 41.5 Å². The van der Waals surface area contributed by atoms with Crippen LogP contribution in [0, 0.1) is 11.8 Å². The third-order valence-electron chi connectivity index (χ3n) is 5.47. The number of nitrogens with zero attached hydrogens (tertiary/aromatic N) is 1. The Bertz CT molecular complexity index is 796. The van der Waals surface area contributed by atoms with Crippen LogP contribution in [0.2, 0.25) is 0 Å². The Morgan fingerprint density at radius 2 is 1.88 bits per heavy atom. The van der Waals surface area contributed by atoms with E-state index >= 15 is 0 Å². The van der Waals surface area contributed by atoms with Crippen LogP contribution in [0.5, 0.6) is 0 Å². The zero-order chi connectivity index (χ0) is 16.7. The second-order valence-corrected chi connectivity index (χ2v) is 7.04. The van der Waals surface area contributed by atoms with Crippen molar-refractivity contribution in [3.63, 3.8) is 0 Å². The van der Waals surface area contributed by atoms with Gasteiger partial charge in [-0.3, -0.25) is 9.59 Å². The summed E-state index contributed by atoms with van der Waals surface area (Å²) in [6.45, 7) is 1.24. The van der Waals surface area contributed by atoms with E-state index in [0.717, 1.165) is 25.8 Å². The van der Waals surface area contributed by atoms with E-state index in [4.69, 9.17) is 5.73 Å². The van der Waals surface area contributed by atoms with Crippen molar-refractivity contribution in [1.82, 2.24) is 4.90 Å². The van der Waals surface area contributed by atoms with Gasteiger partial charge in [0, 0.05) is 19.0 Å². The molecule has 1 saturated carbocycles. The second kappa shape index (κ2) is 5.93. The van der Waals surface area contributed by atoms with Gasteiger partial charge in [0.15, 0.2) is 0 Å². The predicted molar refractivity (Wildman–Crippen MR) is 93.3 cm³/mol. The molecule has 2 N–H and O–H groups in total. The van der Waals surface area contributed by atoms with Gasteiger partial charge in [0.2, 0.25) is 11.8 Å². The lowest BCUT2D eigenvalue weighted by atomic mass is 9.96. The van der Waals surface area contributed by atoms with Crippen LogP contribution in [0.15, 0.2) is 42.5 Å². The number of primary amides is 1. The van der Waals surface area contributed by atoms with Crippen LogP contribution in [-0.2, 0) is 9.59 Å². The third kappa shape index (κ3) is 2.66. The minimum atomic E-state index is -0.283. The van der Waals surface area contributed by atoms with Crippen molar-refractivity contribution in [2.75, 3.05) is 13.1 Å². The largest absolute Gasteiger partial charge is 0.369 e. The van der Waals surface area contributed by atoms with E-state index in [1.54, 1.807) is 0 Å². The van der Waals surface area contributed by atoms with Crippen LogP contribution in [-0.4, -0.2) is 29.8 Å². The van der Waals surface area contributed by atoms with Gasteiger partial charge in [0.25, 0.3) is 0 Å². The summed E-state index contributed by atoms with van der Waals surface area (Å²) in [4.78, 5) is 26.1. The Hall–Kier alpha value is -2.36. The SMILES string of the molecule is NC(=O)[C@@H]1CCCN(C(=O)[C@@H]2C[C@@H]2c2cccc3ccccc23)C1. The molecule has 0 aromatic heterocycles. The summed E-state index contributed by atoms with van der Waals surface area (Å²) in [6.07, 6.45) is 2.58. The minimum Gasteiger partial charge on any atom is -0.369 e. The average molecular weight is 322 g/mol. The normalized spacial score (nSPS) is 26.3. The molecule has 0 spiro atoms. The summed E-state index contributed by atoms with van der Waals surface area (Å²) in [5, 5.41) is 2.47. The van der Waals surface area contributed by atoms with Crippen molar-refractivity contribution in [2.24, 2.45) is 17.6 Å². The fraction of sp³-hybridized carbons (Fsp3) is 0.400. The highest BCUT2D eigenvalue weighted by Crippen LogP contribution is 2.50. The first-order valence-electron chi connectivity index (χ1n) is 8.71. The third-order valence-corrected chi connectivity index (χ3v) is 5.47. The number of rotatable bonds is 3. The molecule has 2 aromatic carbocycles. The van der Waals surface area contributed by atoms with E-state index in [1.165, 1.54) is 16.3 Å². The lowest BCUT2D eigenvalue weighted by Crippen LogP contribution is -2.44. The van der Waals surface area contributed by atoms with E-state index < -0.39 is 0 Å². The van der Waals surface area contributed by atoms with Gasteiger partial charge in [-0.1, -0.05) is 42.5 Å². The maximum atomic E-state index is 12.8. The van der Waals surface area contributed by atoms with Crippen molar-refractivity contribution in [3.05, 3.63) is 48.0 Å². The number of carbonyl (C=O) groups is 2. The van der Waals surface area contributed by atoms with Crippen molar-refractivity contribution in [3.8, 4) is 0 Å². The Balaban J connectivity index is 1.51. The molecule has 4 heteroatoms. The van der Waals surface area contributed by atoms with E-state index in [-0.39, 0.29) is 23.7 Å². The van der Waals surface area contributed by atoms with Gasteiger partial charge in [0.05, 0.1) is 5.92 Å². The Morgan fingerprint density at radius 1 is 1.08 bits per heavy atom. The van der Waals surface area contributed by atoms with Gasteiger partial charge in [-0.25, -0.2) is 0 Å². The highest BCUT2D eigenvalue weighted by atomic mass is 16.2. The maximum Gasteiger partial charge on any atom is 0.226 e. The first-order chi connectivity index (χ1) is 11.6. The molecule has 0 unspecified atom stereocenters. The maximum absolute atomic E-state index is 12.8. The van der Waals surface area contributed by atoms with Gasteiger partial charge in [0.1, 0.15) is 0 Å². The smallest absolute Gasteiger partial charge is 0.226 e. The molecule has 2 amide bonds. The molecule has 1 aliphatic heterocycles. The molecule has 124 valence electrons. The molecule has 1 heterocycles. The molecule has 2 fully saturated rings. The van der Waals surface area contributed by atoms with Crippen LogP contribution in [0.1, 0.15) is 30.7 Å². The molecule has 2 aliphatic rings. The molecule has 3 atom stereocenters. The van der Waals surface area contributed by atoms with Crippen molar-refractivity contribution in [2.45, 2.75) is 25.2 Å². The van der Waals surface area contributed by atoms with Gasteiger partial charge < -0.3 is 10.6 Å². The first kappa shape index (κ1) is 15.2. The van der Waals surface area contributed by atoms with E-state index in [1.807, 2.05) is 17.0 Å². The Morgan fingerprint density at radius 3 is 2.71 bits per heavy atom. The number of amides is 2. The molecular formula is C20H22N2O2. The van der Waals surface area contributed by atoms with Crippen LogP contribution in [0.25, 0.3) is 10.8 Å². The summed E-state index contributed by atoms with van der Waals surface area (Å²) in [7, 11) is 0. The number of piperidine rings is 1. The number of carbonyl (C=O) groups excluding carboxylic acids is 2. The lowest BCUT2D eigenvalue weighted by molar-refractivity contribution is -0.136. The number of hydrogen-bond donors (Lipinski definition) is 1. The number of hydrogen-bond acceptors (Lipinski definition) is 2. The number of fused-ring (bicyclic) bond motifs is 1. The fourth-order valence-corrected chi connectivity index (χ4v) is 4.03. The minimum absolute atomic E-state index is 0.0578. The second-order valence-electron chi connectivity index (χ2n) is 7.04. The number of nitrogens with two attached hydrogens (primary N) is 1. The number of likely N-dealkylation sites (tertiary alicyclic amines) is 1. The molecule has 4 nitrogen and oxygen atoms in total. The quantitative estimate of drug-likeness (QED) is 0.944. The first-order valence-corrected chi connectivity index (χ1v) is 8.71. The standard InChI is InChI=1S/C20H22N2O2/c21-19(23)14-7-4-10-22(12-14)20(24)18-11-17(18)16-9-3-6-13-5-1-2-8-15(13)16/h1-3,5-6,8-9,14,17-18H,4,7,10-12H2,(H2,21,23)/t14-,17-,18-/m1/s1. The zero-order valence-corrected chi connectivity index (χ0v) is 13.7. The summed E-state index contributed by atoms with van der Waals surface area (Å²) in [5.74, 6) is 0.0882. The summed E-state index contributed by atoms with van der Waals surface area (Å²) in [6, 6.07) is 14.7.